The minimum absolute atomic E-state index is 0.0437. The van der Waals surface area contributed by atoms with Gasteiger partial charge in [-0.25, -0.2) is 0 Å². The van der Waals surface area contributed by atoms with Crippen LogP contribution in [0, 0.1) is 0 Å². The van der Waals surface area contributed by atoms with Gasteiger partial charge < -0.3 is 14.6 Å². The topological polar surface area (TPSA) is 60.3 Å². The van der Waals surface area contributed by atoms with Gasteiger partial charge in [0.25, 0.3) is 5.91 Å². The van der Waals surface area contributed by atoms with E-state index in [4.69, 9.17) is 4.74 Å². The average molecular weight is 322 g/mol. The molecule has 2 aromatic carbocycles. The van der Waals surface area contributed by atoms with E-state index < -0.39 is 0 Å². The predicted molar refractivity (Wildman–Crippen MR) is 92.6 cm³/mol. The number of aryl methyl sites for hydroxylation is 1. The van der Waals surface area contributed by atoms with Crippen LogP contribution in [0.15, 0.2) is 54.7 Å². The SMILES string of the molecule is COc1ccc(C(=O)CNC(=O)c2ccc3c(ccn3C)c2)cc1. The Hall–Kier alpha value is -3.08. The number of ketones is 1. The lowest BCUT2D eigenvalue weighted by Crippen LogP contribution is -2.29. The van der Waals surface area contributed by atoms with Crippen LogP contribution >= 0.6 is 0 Å². The lowest BCUT2D eigenvalue weighted by Gasteiger charge is -2.06. The van der Waals surface area contributed by atoms with Crippen molar-refractivity contribution in [3.63, 3.8) is 0 Å². The zero-order chi connectivity index (χ0) is 17.1. The molecule has 0 aliphatic rings. The third-order valence-electron chi connectivity index (χ3n) is 3.97. The molecule has 1 aromatic heterocycles. The summed E-state index contributed by atoms with van der Waals surface area (Å²) in [6.07, 6.45) is 1.94. The molecule has 0 aliphatic carbocycles. The van der Waals surface area contributed by atoms with Gasteiger partial charge in [-0.3, -0.25) is 9.59 Å². The third-order valence-corrected chi connectivity index (χ3v) is 3.97. The molecule has 5 heteroatoms. The van der Waals surface area contributed by atoms with Crippen LogP contribution in [-0.2, 0) is 7.05 Å². The Bertz CT molecular complexity index is 895. The summed E-state index contributed by atoms with van der Waals surface area (Å²) in [7, 11) is 3.52. The number of ether oxygens (including phenoxy) is 1. The fourth-order valence-electron chi connectivity index (χ4n) is 2.56. The number of hydrogen-bond acceptors (Lipinski definition) is 3. The monoisotopic (exact) mass is 322 g/mol. The van der Waals surface area contributed by atoms with E-state index >= 15 is 0 Å². The lowest BCUT2D eigenvalue weighted by atomic mass is 10.1. The number of Topliss-reactive ketones (excluding diaryl/α,β-unsaturated/α-hetero) is 1. The van der Waals surface area contributed by atoms with E-state index in [1.54, 1.807) is 37.4 Å². The Kier molecular flexibility index (Phi) is 4.33. The molecule has 0 aliphatic heterocycles. The molecule has 0 saturated carbocycles. The number of benzene rings is 2. The van der Waals surface area contributed by atoms with Crippen molar-refractivity contribution in [3.8, 4) is 5.75 Å². The number of amides is 1. The van der Waals surface area contributed by atoms with Crippen molar-refractivity contribution in [2.24, 2.45) is 7.05 Å². The van der Waals surface area contributed by atoms with Gasteiger partial charge in [0.15, 0.2) is 5.78 Å². The van der Waals surface area contributed by atoms with Crippen LogP contribution in [0.4, 0.5) is 0 Å². The lowest BCUT2D eigenvalue weighted by molar-refractivity contribution is 0.0904. The van der Waals surface area contributed by atoms with E-state index in [0.717, 1.165) is 10.9 Å². The number of nitrogens with one attached hydrogen (secondary N) is 1. The molecule has 0 bridgehead atoms. The third kappa shape index (κ3) is 3.15. The van der Waals surface area contributed by atoms with E-state index in [2.05, 4.69) is 5.32 Å². The molecule has 0 spiro atoms. The molecule has 1 heterocycles. The molecule has 3 rings (SSSR count). The molecule has 122 valence electrons. The number of fused-ring (bicyclic) bond motifs is 1. The van der Waals surface area contributed by atoms with Crippen LogP contribution in [0.5, 0.6) is 5.75 Å². The van der Waals surface area contributed by atoms with Gasteiger partial charge in [0, 0.05) is 35.3 Å². The van der Waals surface area contributed by atoms with Crippen LogP contribution in [-0.4, -0.2) is 29.9 Å². The average Bonchev–Trinajstić information content (AvgIpc) is 3.00. The van der Waals surface area contributed by atoms with Crippen molar-refractivity contribution in [2.45, 2.75) is 0 Å². The first-order valence-corrected chi connectivity index (χ1v) is 7.59. The van der Waals surface area contributed by atoms with Gasteiger partial charge in [0.2, 0.25) is 0 Å². The van der Waals surface area contributed by atoms with E-state index in [1.165, 1.54) is 0 Å². The summed E-state index contributed by atoms with van der Waals surface area (Å²) < 4.78 is 7.05. The first-order valence-electron chi connectivity index (χ1n) is 7.59. The summed E-state index contributed by atoms with van der Waals surface area (Å²) in [6, 6.07) is 14.2. The van der Waals surface area contributed by atoms with Crippen molar-refractivity contribution in [1.29, 1.82) is 0 Å². The Morgan fingerprint density at radius 2 is 1.75 bits per heavy atom. The van der Waals surface area contributed by atoms with Crippen LogP contribution in [0.2, 0.25) is 0 Å². The minimum Gasteiger partial charge on any atom is -0.497 e. The smallest absolute Gasteiger partial charge is 0.251 e. The summed E-state index contributed by atoms with van der Waals surface area (Å²) in [4.78, 5) is 24.4. The largest absolute Gasteiger partial charge is 0.497 e. The quantitative estimate of drug-likeness (QED) is 0.735. The molecule has 24 heavy (non-hydrogen) atoms. The standard InChI is InChI=1S/C19H18N2O3/c1-21-10-9-14-11-15(5-8-17(14)21)19(23)20-12-18(22)13-3-6-16(24-2)7-4-13/h3-11H,12H2,1-2H3,(H,20,23). The van der Waals surface area contributed by atoms with E-state index in [9.17, 15) is 9.59 Å². The van der Waals surface area contributed by atoms with Gasteiger partial charge in [0.05, 0.1) is 13.7 Å². The van der Waals surface area contributed by atoms with Gasteiger partial charge in [-0.05, 0) is 48.5 Å². The first kappa shape index (κ1) is 15.8. The number of carbonyl (C=O) groups excluding carboxylic acids is 2. The highest BCUT2D eigenvalue weighted by molar-refractivity contribution is 6.03. The Labute approximate surface area is 139 Å². The molecule has 1 amide bonds. The number of carbonyl (C=O) groups is 2. The van der Waals surface area contributed by atoms with Gasteiger partial charge >= 0.3 is 0 Å². The summed E-state index contributed by atoms with van der Waals surface area (Å²) >= 11 is 0. The van der Waals surface area contributed by atoms with Crippen molar-refractivity contribution in [3.05, 3.63) is 65.9 Å². The van der Waals surface area contributed by atoms with Crippen LogP contribution in [0.25, 0.3) is 10.9 Å². The highest BCUT2D eigenvalue weighted by atomic mass is 16.5. The molecule has 0 fully saturated rings. The van der Waals surface area contributed by atoms with Crippen molar-refractivity contribution in [1.82, 2.24) is 9.88 Å². The normalized spacial score (nSPS) is 10.6. The van der Waals surface area contributed by atoms with Crippen LogP contribution in [0.3, 0.4) is 0 Å². The zero-order valence-electron chi connectivity index (χ0n) is 13.6. The van der Waals surface area contributed by atoms with E-state index in [-0.39, 0.29) is 18.2 Å². The maximum Gasteiger partial charge on any atom is 0.251 e. The van der Waals surface area contributed by atoms with Crippen molar-refractivity contribution >= 4 is 22.6 Å². The Balaban J connectivity index is 1.66. The van der Waals surface area contributed by atoms with Crippen LogP contribution in [0.1, 0.15) is 20.7 Å². The van der Waals surface area contributed by atoms with E-state index in [1.807, 2.05) is 36.0 Å². The highest BCUT2D eigenvalue weighted by Gasteiger charge is 2.11. The highest BCUT2D eigenvalue weighted by Crippen LogP contribution is 2.16. The number of hydrogen-bond donors (Lipinski definition) is 1. The predicted octanol–water partition coefficient (Wildman–Crippen LogP) is 2.80. The number of methoxy groups -OCH3 is 1. The Morgan fingerprint density at radius 1 is 1.04 bits per heavy atom. The van der Waals surface area contributed by atoms with E-state index in [0.29, 0.717) is 16.9 Å². The Morgan fingerprint density at radius 3 is 2.46 bits per heavy atom. The fraction of sp³-hybridized carbons (Fsp3) is 0.158. The number of nitrogens with zero attached hydrogens (tertiary/aromatic N) is 1. The molecule has 0 saturated heterocycles. The summed E-state index contributed by atoms with van der Waals surface area (Å²) in [5.41, 5.74) is 2.13. The van der Waals surface area contributed by atoms with Crippen molar-refractivity contribution in [2.75, 3.05) is 13.7 Å². The second kappa shape index (κ2) is 6.58. The second-order valence-electron chi connectivity index (χ2n) is 5.53. The maximum absolute atomic E-state index is 12.2. The molecular weight excluding hydrogens is 304 g/mol. The molecule has 5 nitrogen and oxygen atoms in total. The number of rotatable bonds is 5. The fourth-order valence-corrected chi connectivity index (χ4v) is 2.56. The summed E-state index contributed by atoms with van der Waals surface area (Å²) in [6.45, 7) is -0.0437. The molecular formula is C19H18N2O3. The maximum atomic E-state index is 12.2. The zero-order valence-corrected chi connectivity index (χ0v) is 13.6. The molecule has 1 N–H and O–H groups in total. The first-order chi connectivity index (χ1) is 11.6. The van der Waals surface area contributed by atoms with Crippen molar-refractivity contribution < 1.29 is 14.3 Å². The van der Waals surface area contributed by atoms with Gasteiger partial charge in [-0.1, -0.05) is 0 Å². The number of aromatic nitrogens is 1. The molecule has 0 atom stereocenters. The van der Waals surface area contributed by atoms with Gasteiger partial charge in [-0.15, -0.1) is 0 Å². The molecule has 0 unspecified atom stereocenters. The van der Waals surface area contributed by atoms with Gasteiger partial charge in [-0.2, -0.15) is 0 Å². The van der Waals surface area contributed by atoms with Crippen LogP contribution < -0.4 is 10.1 Å². The minimum atomic E-state index is -0.261. The second-order valence-corrected chi connectivity index (χ2v) is 5.53. The molecule has 3 aromatic rings. The summed E-state index contributed by atoms with van der Waals surface area (Å²) in [5, 5.41) is 3.66. The van der Waals surface area contributed by atoms with Gasteiger partial charge in [0.1, 0.15) is 5.75 Å². The summed E-state index contributed by atoms with van der Waals surface area (Å²) in [5.74, 6) is 0.279. The molecule has 0 radical (unpaired) electrons.